The van der Waals surface area contributed by atoms with Crippen LogP contribution in [0.1, 0.15) is 39.0 Å². The molecule has 2 aliphatic rings. The highest BCUT2D eigenvalue weighted by Gasteiger charge is 2.21. The molecule has 94 valence electrons. The average molecular weight is 227 g/mol. The smallest absolute Gasteiger partial charge is 0.0933 e. The quantitative estimate of drug-likeness (QED) is 0.796. The second-order valence-electron chi connectivity index (χ2n) is 5.10. The van der Waals surface area contributed by atoms with Crippen LogP contribution in [-0.4, -0.2) is 38.5 Å². The van der Waals surface area contributed by atoms with E-state index in [0.717, 1.165) is 32.3 Å². The minimum Gasteiger partial charge on any atom is -0.376 e. The molecule has 1 aliphatic heterocycles. The van der Waals surface area contributed by atoms with Gasteiger partial charge >= 0.3 is 0 Å². The van der Waals surface area contributed by atoms with E-state index in [-0.39, 0.29) is 6.10 Å². The van der Waals surface area contributed by atoms with Gasteiger partial charge in [0.25, 0.3) is 0 Å². The third kappa shape index (κ3) is 3.72. The summed E-state index contributed by atoms with van der Waals surface area (Å²) in [5.41, 5.74) is 0. The summed E-state index contributed by atoms with van der Waals surface area (Å²) in [6, 6.07) is 0.716. The van der Waals surface area contributed by atoms with Crippen LogP contribution in [-0.2, 0) is 9.47 Å². The highest BCUT2D eigenvalue weighted by atomic mass is 16.6. The molecule has 16 heavy (non-hydrogen) atoms. The molecule has 1 unspecified atom stereocenters. The van der Waals surface area contributed by atoms with E-state index < -0.39 is 0 Å². The van der Waals surface area contributed by atoms with E-state index in [4.69, 9.17) is 9.47 Å². The Morgan fingerprint density at radius 2 is 1.94 bits per heavy atom. The van der Waals surface area contributed by atoms with Crippen molar-refractivity contribution in [3.05, 3.63) is 0 Å². The first-order chi connectivity index (χ1) is 7.88. The van der Waals surface area contributed by atoms with Crippen molar-refractivity contribution >= 4 is 0 Å². The molecule has 1 N–H and O–H groups in total. The summed E-state index contributed by atoms with van der Waals surface area (Å²) in [5.74, 6) is 0.979. The van der Waals surface area contributed by atoms with Crippen LogP contribution in [0.5, 0.6) is 0 Å². The van der Waals surface area contributed by atoms with Crippen LogP contribution in [0.2, 0.25) is 0 Å². The van der Waals surface area contributed by atoms with Crippen molar-refractivity contribution in [3.63, 3.8) is 0 Å². The molecule has 1 aliphatic carbocycles. The van der Waals surface area contributed by atoms with E-state index in [9.17, 15) is 0 Å². The second-order valence-corrected chi connectivity index (χ2v) is 5.10. The topological polar surface area (TPSA) is 30.5 Å². The summed E-state index contributed by atoms with van der Waals surface area (Å²) in [6.07, 6.45) is 7.11. The second kappa shape index (κ2) is 6.58. The molecule has 2 fully saturated rings. The molecule has 1 saturated heterocycles. The fourth-order valence-electron chi connectivity index (χ4n) is 2.73. The Kier molecular flexibility index (Phi) is 5.07. The maximum atomic E-state index is 5.62. The van der Waals surface area contributed by atoms with Gasteiger partial charge in [0.1, 0.15) is 0 Å². The van der Waals surface area contributed by atoms with E-state index in [2.05, 4.69) is 12.2 Å². The number of hydrogen-bond acceptors (Lipinski definition) is 3. The fraction of sp³-hybridized carbons (Fsp3) is 1.00. The first-order valence-corrected chi connectivity index (χ1v) is 6.81. The first kappa shape index (κ1) is 12.3. The standard InChI is InChI=1S/C13H25NO2/c1-2-11-3-5-12(6-4-11)14-9-13-10-15-7-8-16-13/h11-14H,2-10H2,1H3. The molecule has 3 nitrogen and oxygen atoms in total. The zero-order valence-corrected chi connectivity index (χ0v) is 10.4. The molecule has 0 spiro atoms. The van der Waals surface area contributed by atoms with Gasteiger partial charge in [0, 0.05) is 12.6 Å². The number of rotatable bonds is 4. The van der Waals surface area contributed by atoms with Gasteiger partial charge in [0.05, 0.1) is 25.9 Å². The number of ether oxygens (including phenoxy) is 2. The summed E-state index contributed by atoms with van der Waals surface area (Å²) in [4.78, 5) is 0. The molecule has 0 radical (unpaired) electrons. The Morgan fingerprint density at radius 3 is 2.56 bits per heavy atom. The van der Waals surface area contributed by atoms with E-state index in [1.165, 1.54) is 32.1 Å². The van der Waals surface area contributed by atoms with Crippen molar-refractivity contribution in [1.29, 1.82) is 0 Å². The van der Waals surface area contributed by atoms with Crippen LogP contribution in [0, 0.1) is 5.92 Å². The van der Waals surface area contributed by atoms with Crippen LogP contribution in [0.15, 0.2) is 0 Å². The van der Waals surface area contributed by atoms with E-state index in [0.29, 0.717) is 6.04 Å². The summed E-state index contributed by atoms with van der Waals surface area (Å²) in [6.45, 7) is 5.55. The van der Waals surface area contributed by atoms with Gasteiger partial charge in [-0.3, -0.25) is 0 Å². The van der Waals surface area contributed by atoms with Crippen molar-refractivity contribution < 1.29 is 9.47 Å². The summed E-state index contributed by atoms with van der Waals surface area (Å²) in [5, 5.41) is 3.63. The highest BCUT2D eigenvalue weighted by molar-refractivity contribution is 4.78. The van der Waals surface area contributed by atoms with Crippen LogP contribution in [0.25, 0.3) is 0 Å². The maximum absolute atomic E-state index is 5.62. The largest absolute Gasteiger partial charge is 0.376 e. The molecule has 1 saturated carbocycles. The van der Waals surface area contributed by atoms with Crippen molar-refractivity contribution in [1.82, 2.24) is 5.32 Å². The average Bonchev–Trinajstić information content (AvgIpc) is 2.38. The molecule has 2 rings (SSSR count). The van der Waals surface area contributed by atoms with Crippen molar-refractivity contribution in [3.8, 4) is 0 Å². The molecule has 1 heterocycles. The van der Waals surface area contributed by atoms with Gasteiger partial charge in [0.2, 0.25) is 0 Å². The zero-order chi connectivity index (χ0) is 11.2. The lowest BCUT2D eigenvalue weighted by Gasteiger charge is -2.30. The van der Waals surface area contributed by atoms with E-state index in [1.807, 2.05) is 0 Å². The minimum absolute atomic E-state index is 0.276. The lowest BCUT2D eigenvalue weighted by molar-refractivity contribution is -0.0873. The zero-order valence-electron chi connectivity index (χ0n) is 10.4. The summed E-state index contributed by atoms with van der Waals surface area (Å²) in [7, 11) is 0. The van der Waals surface area contributed by atoms with Gasteiger partial charge in [-0.1, -0.05) is 13.3 Å². The number of hydrogen-bond donors (Lipinski definition) is 1. The fourth-order valence-corrected chi connectivity index (χ4v) is 2.73. The van der Waals surface area contributed by atoms with Crippen LogP contribution in [0.4, 0.5) is 0 Å². The van der Waals surface area contributed by atoms with Crippen molar-refractivity contribution in [2.45, 2.75) is 51.2 Å². The van der Waals surface area contributed by atoms with Gasteiger partial charge in [-0.15, -0.1) is 0 Å². The Labute approximate surface area is 98.9 Å². The van der Waals surface area contributed by atoms with Crippen molar-refractivity contribution in [2.75, 3.05) is 26.4 Å². The monoisotopic (exact) mass is 227 g/mol. The molecule has 0 aromatic rings. The van der Waals surface area contributed by atoms with Gasteiger partial charge in [-0.05, 0) is 31.6 Å². The maximum Gasteiger partial charge on any atom is 0.0933 e. The Balaban J connectivity index is 1.59. The Hall–Kier alpha value is -0.120. The van der Waals surface area contributed by atoms with E-state index in [1.54, 1.807) is 0 Å². The predicted octanol–water partition coefficient (Wildman–Crippen LogP) is 1.96. The molecule has 1 atom stereocenters. The summed E-state index contributed by atoms with van der Waals surface area (Å²) < 4.78 is 11.0. The lowest BCUT2D eigenvalue weighted by atomic mass is 9.84. The van der Waals surface area contributed by atoms with Crippen LogP contribution in [0.3, 0.4) is 0 Å². The van der Waals surface area contributed by atoms with Crippen molar-refractivity contribution in [2.24, 2.45) is 5.92 Å². The molecule has 0 amide bonds. The van der Waals surface area contributed by atoms with Crippen LogP contribution < -0.4 is 5.32 Å². The SMILES string of the molecule is CCC1CCC(NCC2COCCO2)CC1. The molecule has 0 aromatic heterocycles. The molecule has 0 bridgehead atoms. The third-order valence-corrected chi connectivity index (χ3v) is 3.94. The Bertz CT molecular complexity index is 184. The van der Waals surface area contributed by atoms with Gasteiger partial charge in [-0.25, -0.2) is 0 Å². The predicted molar refractivity (Wildman–Crippen MR) is 64.6 cm³/mol. The van der Waals surface area contributed by atoms with Gasteiger partial charge in [-0.2, -0.15) is 0 Å². The Morgan fingerprint density at radius 1 is 1.12 bits per heavy atom. The van der Waals surface area contributed by atoms with E-state index >= 15 is 0 Å². The first-order valence-electron chi connectivity index (χ1n) is 6.81. The molecular formula is C13H25NO2. The van der Waals surface area contributed by atoms with Crippen LogP contribution >= 0.6 is 0 Å². The minimum atomic E-state index is 0.276. The lowest BCUT2D eigenvalue weighted by Crippen LogP contribution is -2.42. The van der Waals surface area contributed by atoms with Gasteiger partial charge in [0.15, 0.2) is 0 Å². The van der Waals surface area contributed by atoms with Gasteiger partial charge < -0.3 is 14.8 Å². The third-order valence-electron chi connectivity index (χ3n) is 3.94. The normalized spacial score (nSPS) is 36.2. The molecular weight excluding hydrogens is 202 g/mol. The molecule has 0 aromatic carbocycles. The summed E-state index contributed by atoms with van der Waals surface area (Å²) >= 11 is 0. The highest BCUT2D eigenvalue weighted by Crippen LogP contribution is 2.26. The molecule has 3 heteroatoms. The number of nitrogens with one attached hydrogen (secondary N) is 1.